The maximum absolute atomic E-state index is 15.0. The summed E-state index contributed by atoms with van der Waals surface area (Å²) in [5.74, 6) is -3.49. The van der Waals surface area contributed by atoms with E-state index in [2.05, 4.69) is 15.0 Å². The van der Waals surface area contributed by atoms with Gasteiger partial charge in [0.05, 0.1) is 12.9 Å². The van der Waals surface area contributed by atoms with Crippen LogP contribution in [0, 0.1) is 0 Å². The van der Waals surface area contributed by atoms with E-state index < -0.39 is 53.5 Å². The number of rotatable bonds is 3. The quantitative estimate of drug-likeness (QED) is 0.593. The number of nitrogens with two attached hydrogens (primary N) is 1. The first kappa shape index (κ1) is 27.5. The highest BCUT2D eigenvalue weighted by molar-refractivity contribution is 5.81. The number of hydrogen-bond acceptors (Lipinski definition) is 10. The number of imidazole rings is 1. The van der Waals surface area contributed by atoms with Crippen molar-refractivity contribution in [3.8, 4) is 0 Å². The first-order chi connectivity index (χ1) is 18.7. The van der Waals surface area contributed by atoms with E-state index in [0.29, 0.717) is 37.1 Å². The Morgan fingerprint density at radius 2 is 1.85 bits per heavy atom. The number of carbonyl (C=O) groups is 1. The Morgan fingerprint density at radius 1 is 1.15 bits per heavy atom. The predicted octanol–water partition coefficient (Wildman–Crippen LogP) is 2.94. The van der Waals surface area contributed by atoms with Crippen LogP contribution in [0.2, 0.25) is 0 Å². The van der Waals surface area contributed by atoms with E-state index in [1.807, 2.05) is 39.5 Å². The Labute approximate surface area is 231 Å². The van der Waals surface area contributed by atoms with Gasteiger partial charge in [0, 0.05) is 31.6 Å². The third-order valence-corrected chi connectivity index (χ3v) is 8.21. The van der Waals surface area contributed by atoms with Crippen molar-refractivity contribution >= 4 is 23.1 Å². The maximum atomic E-state index is 15.0. The minimum absolute atomic E-state index is 0.225. The van der Waals surface area contributed by atoms with Gasteiger partial charge in [-0.1, -0.05) is 0 Å². The smallest absolute Gasteiger partial charge is 0.410 e. The molecule has 0 saturated carbocycles. The molecular formula is C26H37F2N7O5. The van der Waals surface area contributed by atoms with Crippen LogP contribution < -0.4 is 5.73 Å². The van der Waals surface area contributed by atoms with E-state index in [4.69, 9.17) is 24.7 Å². The average molecular weight is 566 g/mol. The zero-order valence-electron chi connectivity index (χ0n) is 23.5. The Hall–Kier alpha value is -2.68. The van der Waals surface area contributed by atoms with Crippen LogP contribution in [0.5, 0.6) is 0 Å². The molecule has 4 atom stereocenters. The molecule has 0 aliphatic carbocycles. The van der Waals surface area contributed by atoms with Gasteiger partial charge < -0.3 is 29.6 Å². The normalized spacial score (nSPS) is 31.2. The van der Waals surface area contributed by atoms with E-state index in [0.717, 1.165) is 0 Å². The molecule has 4 fully saturated rings. The van der Waals surface area contributed by atoms with Crippen molar-refractivity contribution in [1.82, 2.24) is 29.3 Å². The highest BCUT2D eigenvalue weighted by atomic mass is 19.3. The molecule has 6 heterocycles. The lowest BCUT2D eigenvalue weighted by molar-refractivity contribution is -0.199. The third kappa shape index (κ3) is 4.88. The highest BCUT2D eigenvalue weighted by Gasteiger charge is 2.60. The van der Waals surface area contributed by atoms with E-state index >= 15 is 0 Å². The molecule has 1 amide bonds. The van der Waals surface area contributed by atoms with Crippen molar-refractivity contribution in [2.45, 2.75) is 101 Å². The molecule has 12 nitrogen and oxygen atoms in total. The Kier molecular flexibility index (Phi) is 6.30. The maximum Gasteiger partial charge on any atom is 0.410 e. The van der Waals surface area contributed by atoms with Gasteiger partial charge in [0.2, 0.25) is 0 Å². The summed E-state index contributed by atoms with van der Waals surface area (Å²) in [6.45, 7) is 9.60. The molecule has 40 heavy (non-hydrogen) atoms. The summed E-state index contributed by atoms with van der Waals surface area (Å²) in [7, 11) is 0. The van der Waals surface area contributed by atoms with Crippen molar-refractivity contribution in [2.24, 2.45) is 0 Å². The molecule has 4 saturated heterocycles. The highest BCUT2D eigenvalue weighted by Crippen LogP contribution is 2.49. The number of aromatic nitrogens is 4. The minimum atomic E-state index is -2.85. The molecule has 0 radical (unpaired) electrons. The molecule has 0 unspecified atom stereocenters. The summed E-state index contributed by atoms with van der Waals surface area (Å²) in [4.78, 5) is 28.8. The lowest BCUT2D eigenvalue weighted by atomic mass is 9.84. The molecule has 4 aliphatic heterocycles. The number of fused-ring (bicyclic) bond motifs is 2. The largest absolute Gasteiger partial charge is 0.444 e. The fourth-order valence-electron chi connectivity index (χ4n) is 6.58. The Balaban J connectivity index is 1.23. The molecule has 1 spiro atoms. The zero-order chi connectivity index (χ0) is 28.7. The van der Waals surface area contributed by atoms with Crippen LogP contribution in [0.3, 0.4) is 0 Å². The summed E-state index contributed by atoms with van der Waals surface area (Å²) in [5, 5.41) is 0. The van der Waals surface area contributed by atoms with Gasteiger partial charge in [-0.3, -0.25) is 9.47 Å². The fraction of sp³-hybridized carbons (Fsp3) is 0.769. The number of carbonyl (C=O) groups excluding carboxylic acids is 1. The number of ether oxygens (including phenoxy) is 4. The molecule has 2 N–H and O–H groups in total. The van der Waals surface area contributed by atoms with Crippen LogP contribution in [0.25, 0.3) is 11.2 Å². The summed E-state index contributed by atoms with van der Waals surface area (Å²) < 4.78 is 56.2. The summed E-state index contributed by atoms with van der Waals surface area (Å²) in [6.07, 6.45) is 0.867. The minimum Gasteiger partial charge on any atom is -0.444 e. The van der Waals surface area contributed by atoms with E-state index in [1.165, 1.54) is 6.33 Å². The molecule has 2 aromatic rings. The van der Waals surface area contributed by atoms with Gasteiger partial charge in [-0.15, -0.1) is 0 Å². The van der Waals surface area contributed by atoms with Crippen molar-refractivity contribution < 1.29 is 32.5 Å². The standard InChI is InChI=1S/C26H37F2N7O5/c1-23(2,3)40-22(36)33-8-6-25(7-9-33)11-26(27,28)12-34(25)10-15-17-18(39-24(4,5)38-17)21(37-15)35-14-32-16-19(29)30-13-31-20(16)35/h13-15,17-18,21H,6-12H2,1-5H3,(H2,29,30,31)/t15-,17-,18-,21-/m1/s1. The van der Waals surface area contributed by atoms with Crippen molar-refractivity contribution in [1.29, 1.82) is 0 Å². The van der Waals surface area contributed by atoms with Crippen LogP contribution in [-0.2, 0) is 18.9 Å². The van der Waals surface area contributed by atoms with Gasteiger partial charge in [-0.2, -0.15) is 0 Å². The second-order valence-corrected chi connectivity index (χ2v) is 12.8. The Bertz CT molecular complexity index is 1290. The number of hydrogen-bond donors (Lipinski definition) is 1. The number of anilines is 1. The fourth-order valence-corrected chi connectivity index (χ4v) is 6.58. The number of likely N-dealkylation sites (tertiary alicyclic amines) is 2. The van der Waals surface area contributed by atoms with Crippen molar-refractivity contribution in [3.63, 3.8) is 0 Å². The number of piperidine rings is 1. The van der Waals surface area contributed by atoms with Gasteiger partial charge in [0.1, 0.15) is 35.8 Å². The lowest BCUT2D eigenvalue weighted by Crippen LogP contribution is -2.56. The molecule has 2 aromatic heterocycles. The van der Waals surface area contributed by atoms with Gasteiger partial charge in [0.15, 0.2) is 23.5 Å². The van der Waals surface area contributed by atoms with Crippen LogP contribution in [0.15, 0.2) is 12.7 Å². The summed E-state index contributed by atoms with van der Waals surface area (Å²) >= 11 is 0. The second kappa shape index (κ2) is 9.16. The van der Waals surface area contributed by atoms with Crippen molar-refractivity contribution in [2.75, 3.05) is 31.9 Å². The zero-order valence-corrected chi connectivity index (χ0v) is 23.5. The summed E-state index contributed by atoms with van der Waals surface area (Å²) in [6, 6.07) is 0. The average Bonchev–Trinajstić information content (AvgIpc) is 3.54. The lowest BCUT2D eigenvalue weighted by Gasteiger charge is -2.45. The predicted molar refractivity (Wildman–Crippen MR) is 138 cm³/mol. The number of nitrogens with zero attached hydrogens (tertiary/aromatic N) is 6. The van der Waals surface area contributed by atoms with Crippen LogP contribution in [-0.4, -0.2) is 103 Å². The molecule has 0 aromatic carbocycles. The van der Waals surface area contributed by atoms with E-state index in [9.17, 15) is 13.6 Å². The van der Waals surface area contributed by atoms with Crippen molar-refractivity contribution in [3.05, 3.63) is 12.7 Å². The van der Waals surface area contributed by atoms with E-state index in [-0.39, 0.29) is 25.3 Å². The SMILES string of the molecule is CC(C)(C)OC(=O)N1CCC2(CC1)CC(F)(F)CN2C[C@H]1O[C@@H](n2cnc3c(N)ncnc32)[C@@H]2OC(C)(C)O[C@@H]21. The van der Waals surface area contributed by atoms with Crippen LogP contribution >= 0.6 is 0 Å². The second-order valence-electron chi connectivity index (χ2n) is 12.8. The van der Waals surface area contributed by atoms with Crippen LogP contribution in [0.1, 0.15) is 60.1 Å². The molecule has 220 valence electrons. The summed E-state index contributed by atoms with van der Waals surface area (Å²) in [5.41, 5.74) is 5.53. The number of halogens is 2. The van der Waals surface area contributed by atoms with Gasteiger partial charge >= 0.3 is 6.09 Å². The third-order valence-electron chi connectivity index (χ3n) is 8.21. The molecule has 4 aliphatic rings. The molecule has 6 rings (SSSR count). The van der Waals surface area contributed by atoms with Gasteiger partial charge in [-0.25, -0.2) is 28.5 Å². The molecule has 14 heteroatoms. The monoisotopic (exact) mass is 565 g/mol. The Morgan fingerprint density at radius 3 is 2.55 bits per heavy atom. The van der Waals surface area contributed by atoms with Gasteiger partial charge in [0.25, 0.3) is 5.92 Å². The number of nitrogen functional groups attached to an aromatic ring is 1. The number of alkyl halides is 2. The first-order valence-corrected chi connectivity index (χ1v) is 13.7. The molecule has 0 bridgehead atoms. The number of amides is 1. The molecular weight excluding hydrogens is 528 g/mol. The van der Waals surface area contributed by atoms with E-state index in [1.54, 1.807) is 15.8 Å². The topological polar surface area (TPSA) is 130 Å². The first-order valence-electron chi connectivity index (χ1n) is 13.7. The van der Waals surface area contributed by atoms with Gasteiger partial charge in [-0.05, 0) is 47.5 Å². The van der Waals surface area contributed by atoms with Crippen LogP contribution in [0.4, 0.5) is 19.4 Å².